The third-order valence-corrected chi connectivity index (χ3v) is 3.46. The van der Waals surface area contributed by atoms with Gasteiger partial charge in [0.15, 0.2) is 0 Å². The van der Waals surface area contributed by atoms with E-state index in [0.29, 0.717) is 11.8 Å². The molecule has 1 aromatic rings. The Labute approximate surface area is 102 Å². The fraction of sp³-hybridized carbons (Fsp3) is 0.500. The molecule has 0 saturated heterocycles. The Hall–Kier alpha value is -1.50. The lowest BCUT2D eigenvalue weighted by atomic mass is 10.3. The van der Waals surface area contributed by atoms with E-state index in [0.717, 1.165) is 12.6 Å². The molecular weight excluding hydrogens is 244 g/mol. The Kier molecular flexibility index (Phi) is 4.56. The number of carboxylic acids is 1. The number of H-pyrrole nitrogens is 1. The number of nitrogens with zero attached hydrogens (tertiary/aromatic N) is 1. The smallest absolute Gasteiger partial charge is 0.342 e. The number of aromatic carboxylic acids is 1. The molecule has 0 aliphatic rings. The van der Waals surface area contributed by atoms with Crippen molar-refractivity contribution >= 4 is 17.7 Å². The lowest BCUT2D eigenvalue weighted by molar-refractivity contribution is 0.0693. The van der Waals surface area contributed by atoms with Gasteiger partial charge in [0.2, 0.25) is 0 Å². The second kappa shape index (κ2) is 5.72. The van der Waals surface area contributed by atoms with Gasteiger partial charge in [0.1, 0.15) is 5.56 Å². The summed E-state index contributed by atoms with van der Waals surface area (Å²) < 4.78 is 1.22. The Bertz CT molecular complexity index is 520. The van der Waals surface area contributed by atoms with Crippen LogP contribution in [0.4, 0.5) is 0 Å². The maximum Gasteiger partial charge on any atom is 0.342 e. The molecule has 0 aromatic carbocycles. The summed E-state index contributed by atoms with van der Waals surface area (Å²) in [5.41, 5.74) is -1.86. The van der Waals surface area contributed by atoms with Gasteiger partial charge in [-0.05, 0) is 12.7 Å². The van der Waals surface area contributed by atoms with E-state index in [-0.39, 0.29) is 0 Å². The summed E-state index contributed by atoms with van der Waals surface area (Å²) in [4.78, 5) is 35.3. The van der Waals surface area contributed by atoms with Gasteiger partial charge >= 0.3 is 11.7 Å². The van der Waals surface area contributed by atoms with Crippen LogP contribution in [0.15, 0.2) is 15.8 Å². The molecule has 0 fully saturated rings. The van der Waals surface area contributed by atoms with Gasteiger partial charge in [0.05, 0.1) is 0 Å². The maximum atomic E-state index is 11.4. The van der Waals surface area contributed by atoms with Gasteiger partial charge in [-0.2, -0.15) is 11.8 Å². The molecule has 7 heteroatoms. The molecule has 0 aliphatic heterocycles. The molecule has 0 amide bonds. The first-order valence-corrected chi connectivity index (χ1v) is 6.34. The van der Waals surface area contributed by atoms with E-state index >= 15 is 0 Å². The number of aromatic amines is 1. The zero-order valence-electron chi connectivity index (χ0n) is 9.60. The SMILES string of the molecule is CSC(C)CCn1cc(C(=O)O)c(=O)[nH]c1=O. The standard InChI is InChI=1S/C10H14N2O4S/c1-6(17-2)3-4-12-5-7(9(14)15)8(13)11-10(12)16/h5-6H,3-4H2,1-2H3,(H,14,15)(H,11,13,16). The van der Waals surface area contributed by atoms with E-state index in [1.807, 2.05) is 18.2 Å². The fourth-order valence-electron chi connectivity index (χ4n) is 1.27. The molecule has 6 nitrogen and oxygen atoms in total. The average Bonchev–Trinajstić information content (AvgIpc) is 2.26. The Morgan fingerprint density at radius 3 is 2.76 bits per heavy atom. The zero-order valence-corrected chi connectivity index (χ0v) is 10.4. The second-order valence-corrected chi connectivity index (χ2v) is 4.91. The van der Waals surface area contributed by atoms with Gasteiger partial charge in [-0.15, -0.1) is 0 Å². The molecule has 0 spiro atoms. The number of carboxylic acid groups (broad SMARTS) is 1. The van der Waals surface area contributed by atoms with Gasteiger partial charge in [-0.1, -0.05) is 6.92 Å². The van der Waals surface area contributed by atoms with Crippen LogP contribution in [0.1, 0.15) is 23.7 Å². The lowest BCUT2D eigenvalue weighted by Crippen LogP contribution is -2.33. The molecule has 0 saturated carbocycles. The van der Waals surface area contributed by atoms with Crippen LogP contribution < -0.4 is 11.2 Å². The monoisotopic (exact) mass is 258 g/mol. The van der Waals surface area contributed by atoms with Crippen LogP contribution in [0.5, 0.6) is 0 Å². The predicted octanol–water partition coefficient (Wildman–Crippen LogP) is 0.376. The van der Waals surface area contributed by atoms with E-state index in [1.54, 1.807) is 11.8 Å². The normalized spacial score (nSPS) is 12.4. The minimum absolute atomic E-state index is 0.363. The molecule has 0 aliphatic carbocycles. The summed E-state index contributed by atoms with van der Waals surface area (Å²) >= 11 is 1.66. The van der Waals surface area contributed by atoms with Crippen molar-refractivity contribution in [2.45, 2.75) is 25.1 Å². The number of nitrogens with one attached hydrogen (secondary N) is 1. The Morgan fingerprint density at radius 1 is 1.59 bits per heavy atom. The van der Waals surface area contributed by atoms with Crippen LogP contribution in [0, 0.1) is 0 Å². The third kappa shape index (κ3) is 3.48. The average molecular weight is 258 g/mol. The molecule has 1 unspecified atom stereocenters. The number of aryl methyl sites for hydroxylation is 1. The van der Waals surface area contributed by atoms with Crippen molar-refractivity contribution in [3.05, 3.63) is 32.6 Å². The molecular formula is C10H14N2O4S. The molecule has 1 heterocycles. The van der Waals surface area contributed by atoms with E-state index < -0.39 is 22.8 Å². The fourth-order valence-corrected chi connectivity index (χ4v) is 1.61. The predicted molar refractivity (Wildman–Crippen MR) is 65.9 cm³/mol. The topological polar surface area (TPSA) is 92.2 Å². The van der Waals surface area contributed by atoms with E-state index in [2.05, 4.69) is 0 Å². The van der Waals surface area contributed by atoms with Crippen molar-refractivity contribution in [2.75, 3.05) is 6.26 Å². The van der Waals surface area contributed by atoms with Crippen molar-refractivity contribution in [1.82, 2.24) is 9.55 Å². The van der Waals surface area contributed by atoms with E-state index in [4.69, 9.17) is 5.11 Å². The molecule has 17 heavy (non-hydrogen) atoms. The summed E-state index contributed by atoms with van der Waals surface area (Å²) in [6.45, 7) is 2.40. The number of aromatic nitrogens is 2. The summed E-state index contributed by atoms with van der Waals surface area (Å²) in [6.07, 6.45) is 3.78. The molecule has 1 atom stereocenters. The van der Waals surface area contributed by atoms with Crippen LogP contribution >= 0.6 is 11.8 Å². The van der Waals surface area contributed by atoms with Crippen molar-refractivity contribution in [3.63, 3.8) is 0 Å². The van der Waals surface area contributed by atoms with Crippen molar-refractivity contribution in [1.29, 1.82) is 0 Å². The van der Waals surface area contributed by atoms with Crippen LogP contribution in [0.2, 0.25) is 0 Å². The molecule has 0 bridgehead atoms. The highest BCUT2D eigenvalue weighted by Crippen LogP contribution is 2.09. The molecule has 2 N–H and O–H groups in total. The molecule has 0 radical (unpaired) electrons. The van der Waals surface area contributed by atoms with Crippen LogP contribution in [-0.4, -0.2) is 32.1 Å². The minimum atomic E-state index is -1.34. The molecule has 94 valence electrons. The third-order valence-electron chi connectivity index (χ3n) is 2.42. The summed E-state index contributed by atoms with van der Waals surface area (Å²) in [5, 5.41) is 9.13. The van der Waals surface area contributed by atoms with Crippen LogP contribution in [-0.2, 0) is 6.54 Å². The summed E-state index contributed by atoms with van der Waals surface area (Å²) in [5.74, 6) is -1.34. The van der Waals surface area contributed by atoms with Gasteiger partial charge in [0.25, 0.3) is 5.56 Å². The summed E-state index contributed by atoms with van der Waals surface area (Å²) in [6, 6.07) is 0. The first kappa shape index (κ1) is 13.6. The van der Waals surface area contributed by atoms with Gasteiger partial charge < -0.3 is 5.11 Å². The van der Waals surface area contributed by atoms with E-state index in [9.17, 15) is 14.4 Å². The van der Waals surface area contributed by atoms with Crippen molar-refractivity contribution in [3.8, 4) is 0 Å². The highest BCUT2D eigenvalue weighted by atomic mass is 32.2. The summed E-state index contributed by atoms with van der Waals surface area (Å²) in [7, 11) is 0. The number of rotatable bonds is 5. The quantitative estimate of drug-likeness (QED) is 0.796. The highest BCUT2D eigenvalue weighted by Gasteiger charge is 2.11. The van der Waals surface area contributed by atoms with Crippen LogP contribution in [0.25, 0.3) is 0 Å². The molecule has 1 aromatic heterocycles. The lowest BCUT2D eigenvalue weighted by Gasteiger charge is -2.09. The minimum Gasteiger partial charge on any atom is -0.477 e. The van der Waals surface area contributed by atoms with Crippen molar-refractivity contribution in [2.24, 2.45) is 0 Å². The Morgan fingerprint density at radius 2 is 2.24 bits per heavy atom. The van der Waals surface area contributed by atoms with Crippen molar-refractivity contribution < 1.29 is 9.90 Å². The maximum absolute atomic E-state index is 11.4. The zero-order chi connectivity index (χ0) is 13.0. The van der Waals surface area contributed by atoms with Crippen LogP contribution in [0.3, 0.4) is 0 Å². The first-order valence-electron chi connectivity index (χ1n) is 5.05. The largest absolute Gasteiger partial charge is 0.477 e. The number of carbonyl (C=O) groups is 1. The van der Waals surface area contributed by atoms with E-state index in [1.165, 1.54) is 4.57 Å². The first-order chi connectivity index (χ1) is 7.95. The highest BCUT2D eigenvalue weighted by molar-refractivity contribution is 7.99. The van der Waals surface area contributed by atoms with Gasteiger partial charge in [-0.3, -0.25) is 14.3 Å². The number of hydrogen-bond acceptors (Lipinski definition) is 4. The number of thioether (sulfide) groups is 1. The Balaban J connectivity index is 3.00. The molecule has 1 rings (SSSR count). The van der Waals surface area contributed by atoms with Gasteiger partial charge in [-0.25, -0.2) is 9.59 Å². The second-order valence-electron chi connectivity index (χ2n) is 3.64. The number of hydrogen-bond donors (Lipinski definition) is 2. The van der Waals surface area contributed by atoms with Gasteiger partial charge in [0, 0.05) is 18.0 Å².